The van der Waals surface area contributed by atoms with Gasteiger partial charge in [-0.1, -0.05) is 6.07 Å². The van der Waals surface area contributed by atoms with Crippen molar-refractivity contribution in [2.75, 3.05) is 12.5 Å². The normalized spacial score (nSPS) is 12.5. The maximum Gasteiger partial charge on any atom is 0.152 e. The summed E-state index contributed by atoms with van der Waals surface area (Å²) in [7, 11) is 0. The quantitative estimate of drug-likeness (QED) is 0.602. The van der Waals surface area contributed by atoms with E-state index in [4.69, 9.17) is 11.6 Å². The van der Waals surface area contributed by atoms with E-state index in [1.54, 1.807) is 23.5 Å². The van der Waals surface area contributed by atoms with Crippen LogP contribution in [0.1, 0.15) is 17.9 Å². The lowest BCUT2D eigenvalue weighted by molar-refractivity contribution is -0.116. The Morgan fingerprint density at radius 1 is 1.33 bits per heavy atom. The minimum absolute atomic E-state index is 0.0103. The Hall–Kier alpha value is -0.120. The summed E-state index contributed by atoms with van der Waals surface area (Å²) in [5, 5.41) is -0.525. The topological polar surface area (TPSA) is 17.1 Å². The number of carbonyl (C=O) groups is 1. The molecule has 0 N–H and O–H groups in total. The van der Waals surface area contributed by atoms with E-state index in [0.29, 0.717) is 0 Å². The van der Waals surface area contributed by atoms with Crippen LogP contribution < -0.4 is 0 Å². The highest BCUT2D eigenvalue weighted by Crippen LogP contribution is 2.33. The van der Waals surface area contributed by atoms with Gasteiger partial charge in [0.05, 0.1) is 0 Å². The van der Waals surface area contributed by atoms with E-state index in [9.17, 15) is 4.79 Å². The van der Waals surface area contributed by atoms with Gasteiger partial charge in [-0.05, 0) is 37.1 Å². The van der Waals surface area contributed by atoms with Crippen LogP contribution in [0.4, 0.5) is 0 Å². The SMILES string of the molecule is CSc1ccc(C(Cl)C(C)=O)c(SC)c1. The molecule has 1 aromatic rings. The molecule has 0 aliphatic heterocycles. The second-order valence-corrected chi connectivity index (χ2v) is 5.25. The molecule has 4 heteroatoms. The molecule has 0 aliphatic rings. The Kier molecular flexibility index (Phi) is 5.03. The fraction of sp³-hybridized carbons (Fsp3) is 0.364. The fourth-order valence-corrected chi connectivity index (χ4v) is 2.68. The molecule has 0 saturated carbocycles. The molecule has 1 atom stereocenters. The van der Waals surface area contributed by atoms with Gasteiger partial charge in [0, 0.05) is 9.79 Å². The zero-order valence-corrected chi connectivity index (χ0v) is 11.3. The number of hydrogen-bond donors (Lipinski definition) is 0. The van der Waals surface area contributed by atoms with E-state index < -0.39 is 5.38 Å². The summed E-state index contributed by atoms with van der Waals surface area (Å²) in [5.74, 6) is -0.0103. The van der Waals surface area contributed by atoms with Crippen molar-refractivity contribution >= 4 is 40.9 Å². The van der Waals surface area contributed by atoms with Crippen molar-refractivity contribution in [3.63, 3.8) is 0 Å². The molecule has 0 radical (unpaired) electrons. The molecule has 1 aromatic carbocycles. The third kappa shape index (κ3) is 3.16. The lowest BCUT2D eigenvalue weighted by atomic mass is 10.1. The number of ketones is 1. The maximum atomic E-state index is 11.2. The maximum absolute atomic E-state index is 11.2. The lowest BCUT2D eigenvalue weighted by Crippen LogP contribution is -2.03. The molecule has 0 spiro atoms. The van der Waals surface area contributed by atoms with Crippen LogP contribution in [-0.2, 0) is 4.79 Å². The van der Waals surface area contributed by atoms with E-state index in [0.717, 1.165) is 10.5 Å². The van der Waals surface area contributed by atoms with Crippen LogP contribution in [-0.4, -0.2) is 18.3 Å². The highest BCUT2D eigenvalue weighted by molar-refractivity contribution is 7.99. The molecule has 1 nitrogen and oxygen atoms in total. The minimum atomic E-state index is -0.525. The molecular weight excluding hydrogens is 248 g/mol. The molecule has 0 saturated heterocycles. The monoisotopic (exact) mass is 260 g/mol. The average Bonchev–Trinajstić information content (AvgIpc) is 2.27. The average molecular weight is 261 g/mol. The number of halogens is 1. The predicted octanol–water partition coefficient (Wildman–Crippen LogP) is 4.00. The van der Waals surface area contributed by atoms with E-state index in [-0.39, 0.29) is 5.78 Å². The zero-order valence-electron chi connectivity index (χ0n) is 8.91. The van der Waals surface area contributed by atoms with E-state index in [2.05, 4.69) is 6.07 Å². The lowest BCUT2D eigenvalue weighted by Gasteiger charge is -2.11. The van der Waals surface area contributed by atoms with Gasteiger partial charge in [-0.15, -0.1) is 35.1 Å². The second-order valence-electron chi connectivity index (χ2n) is 3.08. The molecule has 0 bridgehead atoms. The summed E-state index contributed by atoms with van der Waals surface area (Å²) in [4.78, 5) is 13.5. The van der Waals surface area contributed by atoms with Crippen LogP contribution in [0.2, 0.25) is 0 Å². The van der Waals surface area contributed by atoms with Crippen LogP contribution >= 0.6 is 35.1 Å². The number of carbonyl (C=O) groups excluding carboxylic acids is 1. The first-order chi connectivity index (χ1) is 7.10. The van der Waals surface area contributed by atoms with Gasteiger partial charge in [0.15, 0.2) is 5.78 Å². The van der Waals surface area contributed by atoms with Gasteiger partial charge in [0.25, 0.3) is 0 Å². The third-order valence-corrected chi connectivity index (χ3v) is 4.13. The number of benzene rings is 1. The summed E-state index contributed by atoms with van der Waals surface area (Å²) in [6.45, 7) is 1.52. The van der Waals surface area contributed by atoms with E-state index in [1.807, 2.05) is 24.6 Å². The molecule has 82 valence electrons. The highest BCUT2D eigenvalue weighted by atomic mass is 35.5. The Labute approximate surface area is 104 Å². The molecule has 0 heterocycles. The van der Waals surface area contributed by atoms with Gasteiger partial charge in [0.1, 0.15) is 5.38 Å². The van der Waals surface area contributed by atoms with E-state index >= 15 is 0 Å². The number of rotatable bonds is 4. The summed E-state index contributed by atoms with van der Waals surface area (Å²) in [5.41, 5.74) is 0.912. The Balaban J connectivity index is 3.12. The highest BCUT2D eigenvalue weighted by Gasteiger charge is 2.16. The molecule has 0 aromatic heterocycles. The summed E-state index contributed by atoms with van der Waals surface area (Å²) in [6, 6.07) is 6.01. The Bertz CT molecular complexity index is 366. The van der Waals surface area contributed by atoms with Crippen LogP contribution in [0.15, 0.2) is 28.0 Å². The first-order valence-corrected chi connectivity index (χ1v) is 7.35. The second kappa shape index (κ2) is 5.83. The summed E-state index contributed by atoms with van der Waals surface area (Å²) >= 11 is 9.36. The molecule has 15 heavy (non-hydrogen) atoms. The van der Waals surface area contributed by atoms with Crippen molar-refractivity contribution < 1.29 is 4.79 Å². The number of alkyl halides is 1. The first-order valence-electron chi connectivity index (χ1n) is 4.46. The van der Waals surface area contributed by atoms with Crippen LogP contribution in [0.25, 0.3) is 0 Å². The largest absolute Gasteiger partial charge is 0.298 e. The van der Waals surface area contributed by atoms with Gasteiger partial charge in [-0.3, -0.25) is 4.79 Å². The van der Waals surface area contributed by atoms with Crippen LogP contribution in [0.5, 0.6) is 0 Å². The van der Waals surface area contributed by atoms with Gasteiger partial charge >= 0.3 is 0 Å². The first kappa shape index (κ1) is 12.9. The Morgan fingerprint density at radius 3 is 2.47 bits per heavy atom. The van der Waals surface area contributed by atoms with Crippen LogP contribution in [0.3, 0.4) is 0 Å². The minimum Gasteiger partial charge on any atom is -0.298 e. The third-order valence-electron chi connectivity index (χ3n) is 2.07. The summed E-state index contributed by atoms with van der Waals surface area (Å²) in [6.07, 6.45) is 4.02. The molecule has 1 rings (SSSR count). The van der Waals surface area contributed by atoms with Crippen molar-refractivity contribution in [2.45, 2.75) is 22.1 Å². The van der Waals surface area contributed by atoms with Crippen molar-refractivity contribution in [1.82, 2.24) is 0 Å². The van der Waals surface area contributed by atoms with Gasteiger partial charge in [0.2, 0.25) is 0 Å². The van der Waals surface area contributed by atoms with Crippen LogP contribution in [0, 0.1) is 0 Å². The predicted molar refractivity (Wildman–Crippen MR) is 69.3 cm³/mol. The van der Waals surface area contributed by atoms with E-state index in [1.165, 1.54) is 11.8 Å². The Morgan fingerprint density at radius 2 is 2.00 bits per heavy atom. The molecule has 1 unspecified atom stereocenters. The van der Waals surface area contributed by atoms with Crippen molar-refractivity contribution in [3.05, 3.63) is 23.8 Å². The molecule has 0 fully saturated rings. The van der Waals surface area contributed by atoms with Gasteiger partial charge in [-0.2, -0.15) is 0 Å². The van der Waals surface area contributed by atoms with Gasteiger partial charge < -0.3 is 0 Å². The van der Waals surface area contributed by atoms with Crippen molar-refractivity contribution in [1.29, 1.82) is 0 Å². The summed E-state index contributed by atoms with van der Waals surface area (Å²) < 4.78 is 0. The molecule has 0 amide bonds. The standard InChI is InChI=1S/C11H13ClOS2/c1-7(13)11(12)9-5-4-8(14-2)6-10(9)15-3/h4-6,11H,1-3H3. The fourth-order valence-electron chi connectivity index (χ4n) is 1.25. The number of hydrogen-bond acceptors (Lipinski definition) is 3. The number of thioether (sulfide) groups is 2. The van der Waals surface area contributed by atoms with Gasteiger partial charge in [-0.25, -0.2) is 0 Å². The van der Waals surface area contributed by atoms with Crippen molar-refractivity contribution in [3.8, 4) is 0 Å². The molecule has 0 aliphatic carbocycles. The van der Waals surface area contributed by atoms with Crippen molar-refractivity contribution in [2.24, 2.45) is 0 Å². The zero-order chi connectivity index (χ0) is 11.4. The number of Topliss-reactive ketones (excluding diaryl/α,β-unsaturated/α-hetero) is 1. The molecular formula is C11H13ClOS2. The smallest absolute Gasteiger partial charge is 0.152 e.